The Morgan fingerprint density at radius 1 is 1.35 bits per heavy atom. The lowest BCUT2D eigenvalue weighted by atomic mass is 9.86. The van der Waals surface area contributed by atoms with Gasteiger partial charge in [0.15, 0.2) is 5.96 Å². The molecular formula is C19H31N3O4. The van der Waals surface area contributed by atoms with Gasteiger partial charge in [-0.3, -0.25) is 9.79 Å². The summed E-state index contributed by atoms with van der Waals surface area (Å²) in [6.45, 7) is 4.23. The third-order valence-corrected chi connectivity index (χ3v) is 4.50. The summed E-state index contributed by atoms with van der Waals surface area (Å²) in [4.78, 5) is 16.4. The molecule has 0 unspecified atom stereocenters. The molecule has 1 heterocycles. The van der Waals surface area contributed by atoms with Crippen molar-refractivity contribution in [1.29, 1.82) is 0 Å². The normalized spacial score (nSPS) is 20.6. The number of carbonyl (C=O) groups is 1. The van der Waals surface area contributed by atoms with Crippen LogP contribution in [0.2, 0.25) is 0 Å². The van der Waals surface area contributed by atoms with E-state index in [2.05, 4.69) is 15.6 Å². The number of rotatable bonds is 9. The molecule has 0 atom stereocenters. The van der Waals surface area contributed by atoms with E-state index in [0.717, 1.165) is 50.4 Å². The van der Waals surface area contributed by atoms with Gasteiger partial charge in [0, 0.05) is 26.1 Å². The van der Waals surface area contributed by atoms with E-state index < -0.39 is 0 Å². The van der Waals surface area contributed by atoms with Gasteiger partial charge in [0.1, 0.15) is 5.76 Å². The molecule has 0 radical (unpaired) electrons. The number of esters is 1. The van der Waals surface area contributed by atoms with Gasteiger partial charge < -0.3 is 24.5 Å². The van der Waals surface area contributed by atoms with Crippen molar-refractivity contribution < 1.29 is 18.7 Å². The van der Waals surface area contributed by atoms with Crippen LogP contribution < -0.4 is 10.6 Å². The van der Waals surface area contributed by atoms with Gasteiger partial charge in [-0.05, 0) is 44.7 Å². The highest BCUT2D eigenvalue weighted by Crippen LogP contribution is 2.25. The predicted octanol–water partition coefficient (Wildman–Crippen LogP) is 2.13. The van der Waals surface area contributed by atoms with Crippen LogP contribution in [0, 0.1) is 5.92 Å². The van der Waals surface area contributed by atoms with E-state index in [1.54, 1.807) is 13.4 Å². The van der Waals surface area contributed by atoms with Crippen LogP contribution in [0.15, 0.2) is 27.8 Å². The molecule has 2 N–H and O–H groups in total. The highest BCUT2D eigenvalue weighted by atomic mass is 16.5. The molecule has 1 fully saturated rings. The number of ether oxygens (including phenoxy) is 2. The van der Waals surface area contributed by atoms with Crippen LogP contribution in [0.1, 0.15) is 38.4 Å². The molecule has 1 aliphatic rings. The zero-order valence-corrected chi connectivity index (χ0v) is 15.8. The monoisotopic (exact) mass is 365 g/mol. The van der Waals surface area contributed by atoms with Crippen LogP contribution >= 0.6 is 0 Å². The molecule has 146 valence electrons. The minimum atomic E-state index is -0.0588. The molecule has 1 aromatic heterocycles. The van der Waals surface area contributed by atoms with Crippen LogP contribution in [0.5, 0.6) is 0 Å². The van der Waals surface area contributed by atoms with Gasteiger partial charge in [0.2, 0.25) is 0 Å². The number of aliphatic imine (C=N–C) groups is 1. The summed E-state index contributed by atoms with van der Waals surface area (Å²) in [5.74, 6) is 1.71. The van der Waals surface area contributed by atoms with Gasteiger partial charge >= 0.3 is 5.97 Å². The van der Waals surface area contributed by atoms with Gasteiger partial charge in [-0.25, -0.2) is 0 Å². The molecule has 1 aliphatic carbocycles. The van der Waals surface area contributed by atoms with E-state index >= 15 is 0 Å². The highest BCUT2D eigenvalue weighted by Gasteiger charge is 2.27. The quantitative estimate of drug-likeness (QED) is 0.302. The molecule has 0 aromatic carbocycles. The molecule has 1 saturated carbocycles. The maximum Gasteiger partial charge on any atom is 0.308 e. The fourth-order valence-electron chi connectivity index (χ4n) is 3.09. The molecule has 0 aliphatic heterocycles. The SMILES string of the molecule is CCOC(=O)C1CCC(NC(=NCCOC)NCCc2ccco2)CC1. The highest BCUT2D eigenvalue weighted by molar-refractivity contribution is 5.80. The Balaban J connectivity index is 1.78. The number of furan rings is 1. The van der Waals surface area contributed by atoms with Crippen molar-refractivity contribution in [3.8, 4) is 0 Å². The summed E-state index contributed by atoms with van der Waals surface area (Å²) in [5, 5.41) is 6.84. The Labute approximate surface area is 155 Å². The number of hydrogen-bond donors (Lipinski definition) is 2. The van der Waals surface area contributed by atoms with Gasteiger partial charge in [-0.15, -0.1) is 0 Å². The fraction of sp³-hybridized carbons (Fsp3) is 0.684. The van der Waals surface area contributed by atoms with E-state index in [1.165, 1.54) is 0 Å². The van der Waals surface area contributed by atoms with Crippen molar-refractivity contribution in [3.63, 3.8) is 0 Å². The number of nitrogens with one attached hydrogen (secondary N) is 2. The molecule has 0 amide bonds. The lowest BCUT2D eigenvalue weighted by Crippen LogP contribution is -2.46. The summed E-state index contributed by atoms with van der Waals surface area (Å²) >= 11 is 0. The zero-order chi connectivity index (χ0) is 18.6. The van der Waals surface area contributed by atoms with E-state index in [-0.39, 0.29) is 11.9 Å². The molecule has 2 rings (SSSR count). The van der Waals surface area contributed by atoms with Crippen LogP contribution in [0.3, 0.4) is 0 Å². The van der Waals surface area contributed by atoms with Crippen molar-refractivity contribution in [2.45, 2.75) is 45.1 Å². The van der Waals surface area contributed by atoms with Crippen LogP contribution in [0.25, 0.3) is 0 Å². The number of hydrogen-bond acceptors (Lipinski definition) is 5. The maximum absolute atomic E-state index is 11.9. The second kappa shape index (κ2) is 11.6. The first-order valence-electron chi connectivity index (χ1n) is 9.45. The lowest BCUT2D eigenvalue weighted by Gasteiger charge is -2.29. The summed E-state index contributed by atoms with van der Waals surface area (Å²) in [6.07, 6.45) is 6.07. The van der Waals surface area contributed by atoms with Crippen LogP contribution in [-0.4, -0.2) is 51.4 Å². The first kappa shape index (κ1) is 20.3. The van der Waals surface area contributed by atoms with Crippen molar-refractivity contribution >= 4 is 11.9 Å². The summed E-state index contributed by atoms with van der Waals surface area (Å²) < 4.78 is 15.6. The van der Waals surface area contributed by atoms with E-state index in [0.29, 0.717) is 25.8 Å². The fourth-order valence-corrected chi connectivity index (χ4v) is 3.09. The van der Waals surface area contributed by atoms with Gasteiger partial charge in [0.05, 0.1) is 31.9 Å². The minimum Gasteiger partial charge on any atom is -0.469 e. The second-order valence-corrected chi connectivity index (χ2v) is 6.42. The molecule has 7 nitrogen and oxygen atoms in total. The van der Waals surface area contributed by atoms with Crippen molar-refractivity contribution in [2.75, 3.05) is 33.4 Å². The zero-order valence-electron chi connectivity index (χ0n) is 15.8. The lowest BCUT2D eigenvalue weighted by molar-refractivity contribution is -0.149. The smallest absolute Gasteiger partial charge is 0.308 e. The van der Waals surface area contributed by atoms with Gasteiger partial charge in [-0.2, -0.15) is 0 Å². The van der Waals surface area contributed by atoms with Gasteiger partial charge in [-0.1, -0.05) is 0 Å². The number of nitrogens with zero attached hydrogens (tertiary/aromatic N) is 1. The molecule has 1 aromatic rings. The second-order valence-electron chi connectivity index (χ2n) is 6.42. The van der Waals surface area contributed by atoms with E-state index in [9.17, 15) is 4.79 Å². The van der Waals surface area contributed by atoms with Crippen molar-refractivity contribution in [2.24, 2.45) is 10.9 Å². The minimum absolute atomic E-state index is 0.0359. The average Bonchev–Trinajstić information content (AvgIpc) is 3.16. The first-order chi connectivity index (χ1) is 12.7. The molecule has 26 heavy (non-hydrogen) atoms. The third kappa shape index (κ3) is 7.07. The first-order valence-corrected chi connectivity index (χ1v) is 9.45. The standard InChI is InChI=1S/C19H31N3O4/c1-3-25-18(23)15-6-8-16(9-7-15)22-19(21-12-14-24-2)20-11-10-17-5-4-13-26-17/h4-5,13,15-16H,3,6-12,14H2,1-2H3,(H2,20,21,22). The van der Waals surface area contributed by atoms with Crippen LogP contribution in [0.4, 0.5) is 0 Å². The third-order valence-electron chi connectivity index (χ3n) is 4.50. The van der Waals surface area contributed by atoms with Crippen LogP contribution in [-0.2, 0) is 20.7 Å². The molecular weight excluding hydrogens is 334 g/mol. The van der Waals surface area contributed by atoms with Gasteiger partial charge in [0.25, 0.3) is 0 Å². The average molecular weight is 365 g/mol. The Hall–Kier alpha value is -2.02. The largest absolute Gasteiger partial charge is 0.469 e. The maximum atomic E-state index is 11.9. The topological polar surface area (TPSA) is 85.1 Å². The summed E-state index contributed by atoms with van der Waals surface area (Å²) in [5.41, 5.74) is 0. The molecule has 0 spiro atoms. The molecule has 7 heteroatoms. The number of methoxy groups -OCH3 is 1. The summed E-state index contributed by atoms with van der Waals surface area (Å²) in [7, 11) is 1.67. The number of carbonyl (C=O) groups excluding carboxylic acids is 1. The summed E-state index contributed by atoms with van der Waals surface area (Å²) in [6, 6.07) is 4.18. The Morgan fingerprint density at radius 2 is 2.15 bits per heavy atom. The molecule has 0 bridgehead atoms. The predicted molar refractivity (Wildman–Crippen MR) is 100 cm³/mol. The number of guanidine groups is 1. The van der Waals surface area contributed by atoms with E-state index in [4.69, 9.17) is 13.9 Å². The Kier molecular flexibility index (Phi) is 9.03. The Morgan fingerprint density at radius 3 is 2.81 bits per heavy atom. The van der Waals surface area contributed by atoms with Crippen molar-refractivity contribution in [3.05, 3.63) is 24.2 Å². The Bertz CT molecular complexity index is 537. The molecule has 0 saturated heterocycles. The van der Waals surface area contributed by atoms with E-state index in [1.807, 2.05) is 19.1 Å². The van der Waals surface area contributed by atoms with Crippen molar-refractivity contribution in [1.82, 2.24) is 10.6 Å².